The van der Waals surface area contributed by atoms with Crippen LogP contribution in [0.5, 0.6) is 0 Å². The van der Waals surface area contributed by atoms with Crippen molar-refractivity contribution in [3.05, 3.63) is 145 Å². The number of hydrogen-bond donors (Lipinski definition) is 2. The minimum absolute atomic E-state index is 0.297. The van der Waals surface area contributed by atoms with Gasteiger partial charge in [0.25, 0.3) is 0 Å². The van der Waals surface area contributed by atoms with E-state index in [4.69, 9.17) is 9.97 Å². The van der Waals surface area contributed by atoms with Gasteiger partial charge in [-0.1, -0.05) is 99.7 Å². The van der Waals surface area contributed by atoms with Gasteiger partial charge >= 0.3 is 0 Å². The van der Waals surface area contributed by atoms with Gasteiger partial charge in [0.15, 0.2) is 11.3 Å². The molecule has 0 radical (unpaired) electrons. The van der Waals surface area contributed by atoms with E-state index in [1.54, 1.807) is 36.2 Å². The lowest BCUT2D eigenvalue weighted by atomic mass is 10.0. The second-order valence-electron chi connectivity index (χ2n) is 13.5. The van der Waals surface area contributed by atoms with Crippen molar-refractivity contribution in [3.63, 3.8) is 0 Å². The Hall–Kier alpha value is -5.84. The zero-order valence-corrected chi connectivity index (χ0v) is 32.0. The molecule has 54 heavy (non-hydrogen) atoms. The molecule has 0 amide bonds. The van der Waals surface area contributed by atoms with Crippen LogP contribution in [-0.2, 0) is 0 Å². The molecule has 0 atom stereocenters. The Labute approximate surface area is 323 Å². The largest absolute Gasteiger partial charge is 0.339 e. The van der Waals surface area contributed by atoms with Crippen molar-refractivity contribution >= 4 is 68.6 Å². The van der Waals surface area contributed by atoms with Crippen LogP contribution in [0.2, 0.25) is 0 Å². The maximum absolute atomic E-state index is 4.83. The van der Waals surface area contributed by atoms with E-state index in [0.717, 1.165) is 64.2 Å². The molecule has 0 spiro atoms. The highest BCUT2D eigenvalue weighted by molar-refractivity contribution is 7.99. The molecule has 4 aromatic heterocycles. The molecule has 0 aliphatic rings. The number of aromatic nitrogens is 6. The van der Waals surface area contributed by atoms with Crippen molar-refractivity contribution in [1.29, 1.82) is 0 Å². The fraction of sp³-hybridized carbons (Fsp3) is 0.136. The van der Waals surface area contributed by atoms with Crippen LogP contribution in [0.25, 0.3) is 33.2 Å². The first kappa shape index (κ1) is 35.2. The van der Waals surface area contributed by atoms with Crippen LogP contribution < -0.4 is 10.6 Å². The third-order valence-electron chi connectivity index (χ3n) is 8.96. The van der Waals surface area contributed by atoms with Crippen LogP contribution in [0.3, 0.4) is 0 Å². The molecule has 0 bridgehead atoms. The lowest BCUT2D eigenvalue weighted by Gasteiger charge is -2.17. The average Bonchev–Trinajstić information content (AvgIpc) is 3.19. The van der Waals surface area contributed by atoms with Crippen molar-refractivity contribution < 1.29 is 0 Å². The third kappa shape index (κ3) is 7.76. The van der Waals surface area contributed by atoms with Gasteiger partial charge in [0, 0.05) is 31.0 Å². The fourth-order valence-electron chi connectivity index (χ4n) is 6.04. The summed E-state index contributed by atoms with van der Waals surface area (Å²) >= 11 is 3.41. The summed E-state index contributed by atoms with van der Waals surface area (Å²) in [6.45, 7) is 8.54. The molecule has 0 aliphatic heterocycles. The molecule has 266 valence electrons. The Balaban J connectivity index is 1.21. The van der Waals surface area contributed by atoms with E-state index < -0.39 is 0 Å². The SMILES string of the molecule is CC(C)c1ccc2c(Nc3cc(-c4ccc(Sc5ccccc5)c(Nc5ncnc6nc(C(C)C)ccc56)c4)ccc3Sc3ccccc3)ncnc2n1. The first-order valence-electron chi connectivity index (χ1n) is 17.9. The zero-order chi connectivity index (χ0) is 37.0. The lowest BCUT2D eigenvalue weighted by Crippen LogP contribution is -2.01. The van der Waals surface area contributed by atoms with Gasteiger partial charge in [-0.3, -0.25) is 0 Å². The fourth-order valence-corrected chi connectivity index (χ4v) is 7.84. The average molecular weight is 743 g/mol. The summed E-state index contributed by atoms with van der Waals surface area (Å²) in [6, 6.07) is 42.1. The summed E-state index contributed by atoms with van der Waals surface area (Å²) in [7, 11) is 0. The molecule has 0 unspecified atom stereocenters. The molecule has 0 saturated carbocycles. The molecule has 4 aromatic carbocycles. The molecular formula is C44H38N8S2. The maximum Gasteiger partial charge on any atom is 0.164 e. The van der Waals surface area contributed by atoms with Gasteiger partial charge in [-0.25, -0.2) is 29.9 Å². The third-order valence-corrected chi connectivity index (χ3v) is 11.1. The Morgan fingerprint density at radius 3 is 1.30 bits per heavy atom. The molecule has 4 heterocycles. The van der Waals surface area contributed by atoms with Gasteiger partial charge in [-0.05, 0) is 95.8 Å². The zero-order valence-electron chi connectivity index (χ0n) is 30.4. The van der Waals surface area contributed by atoms with E-state index in [1.165, 1.54) is 0 Å². The van der Waals surface area contributed by atoms with Crippen molar-refractivity contribution in [2.75, 3.05) is 10.6 Å². The van der Waals surface area contributed by atoms with Crippen LogP contribution >= 0.6 is 23.5 Å². The highest BCUT2D eigenvalue weighted by Crippen LogP contribution is 2.41. The number of pyridine rings is 2. The molecule has 0 aliphatic carbocycles. The van der Waals surface area contributed by atoms with Crippen molar-refractivity contribution in [3.8, 4) is 11.1 Å². The number of rotatable bonds is 11. The molecular weight excluding hydrogens is 705 g/mol. The number of nitrogens with one attached hydrogen (secondary N) is 2. The second kappa shape index (κ2) is 15.6. The first-order chi connectivity index (χ1) is 26.4. The van der Waals surface area contributed by atoms with Crippen LogP contribution in [0.15, 0.2) is 154 Å². The molecule has 8 aromatic rings. The molecule has 0 fully saturated rings. The smallest absolute Gasteiger partial charge is 0.164 e. The summed E-state index contributed by atoms with van der Waals surface area (Å²) in [5.41, 5.74) is 7.29. The summed E-state index contributed by atoms with van der Waals surface area (Å²) in [4.78, 5) is 32.4. The Kier molecular flexibility index (Phi) is 10.2. The van der Waals surface area contributed by atoms with E-state index in [2.05, 4.69) is 167 Å². The van der Waals surface area contributed by atoms with Gasteiger partial charge in [0.1, 0.15) is 24.3 Å². The standard InChI is InChI=1S/C44H38N8S2/c1-27(2)35-19-17-33-41(49-35)45-25-47-43(33)51-37-23-29(15-21-39(37)53-31-11-7-5-8-12-31)30-16-22-40(54-32-13-9-6-10-14-32)38(24-30)52-44-34-18-20-36(28(3)4)50-42(34)46-26-48-44/h5-28H,1-4H3,(H,45,47,49,51)(H,46,48,50,52). The van der Waals surface area contributed by atoms with E-state index >= 15 is 0 Å². The number of nitrogens with zero attached hydrogens (tertiary/aromatic N) is 6. The Bertz CT molecular complexity index is 2400. The molecule has 0 saturated heterocycles. The number of anilines is 4. The minimum atomic E-state index is 0.297. The Morgan fingerprint density at radius 2 is 0.889 bits per heavy atom. The normalized spacial score (nSPS) is 11.4. The van der Waals surface area contributed by atoms with Crippen LogP contribution in [0.1, 0.15) is 50.9 Å². The minimum Gasteiger partial charge on any atom is -0.339 e. The van der Waals surface area contributed by atoms with Crippen LogP contribution in [-0.4, -0.2) is 29.9 Å². The Morgan fingerprint density at radius 1 is 0.463 bits per heavy atom. The van der Waals surface area contributed by atoms with Crippen LogP contribution in [0, 0.1) is 0 Å². The van der Waals surface area contributed by atoms with Gasteiger partial charge in [-0.2, -0.15) is 0 Å². The highest BCUT2D eigenvalue weighted by Gasteiger charge is 2.16. The summed E-state index contributed by atoms with van der Waals surface area (Å²) in [6.07, 6.45) is 3.15. The van der Waals surface area contributed by atoms with Gasteiger partial charge in [0.05, 0.1) is 22.1 Å². The number of benzene rings is 4. The quantitative estimate of drug-likeness (QED) is 0.133. The van der Waals surface area contributed by atoms with E-state index in [9.17, 15) is 0 Å². The van der Waals surface area contributed by atoms with Gasteiger partial charge < -0.3 is 10.6 Å². The molecule has 10 heteroatoms. The topological polar surface area (TPSA) is 101 Å². The van der Waals surface area contributed by atoms with Gasteiger partial charge in [-0.15, -0.1) is 0 Å². The van der Waals surface area contributed by atoms with Crippen molar-refractivity contribution in [1.82, 2.24) is 29.9 Å². The lowest BCUT2D eigenvalue weighted by molar-refractivity contribution is 0.827. The maximum atomic E-state index is 4.83. The summed E-state index contributed by atoms with van der Waals surface area (Å²) in [5, 5.41) is 9.07. The summed E-state index contributed by atoms with van der Waals surface area (Å²) in [5.74, 6) is 2.00. The van der Waals surface area contributed by atoms with E-state index in [-0.39, 0.29) is 0 Å². The predicted molar refractivity (Wildman–Crippen MR) is 222 cm³/mol. The van der Waals surface area contributed by atoms with E-state index in [1.807, 2.05) is 12.1 Å². The summed E-state index contributed by atoms with van der Waals surface area (Å²) < 4.78 is 0. The number of hydrogen-bond acceptors (Lipinski definition) is 10. The van der Waals surface area contributed by atoms with Crippen molar-refractivity contribution in [2.24, 2.45) is 0 Å². The molecule has 8 nitrogen and oxygen atoms in total. The van der Waals surface area contributed by atoms with Gasteiger partial charge in [0.2, 0.25) is 0 Å². The molecule has 8 rings (SSSR count). The second-order valence-corrected chi connectivity index (χ2v) is 15.7. The van der Waals surface area contributed by atoms with Crippen molar-refractivity contribution in [2.45, 2.75) is 59.1 Å². The first-order valence-corrected chi connectivity index (χ1v) is 19.5. The number of fused-ring (bicyclic) bond motifs is 2. The predicted octanol–water partition coefficient (Wildman–Crippen LogP) is 12.1. The van der Waals surface area contributed by atoms with Crippen LogP contribution in [0.4, 0.5) is 23.0 Å². The molecule has 2 N–H and O–H groups in total. The van der Waals surface area contributed by atoms with E-state index in [0.29, 0.717) is 34.8 Å². The highest BCUT2D eigenvalue weighted by atomic mass is 32.2. The monoisotopic (exact) mass is 742 g/mol.